The summed E-state index contributed by atoms with van der Waals surface area (Å²) in [7, 11) is 0. The molecule has 1 aromatic rings. The van der Waals surface area contributed by atoms with E-state index in [0.717, 1.165) is 30.8 Å². The Balaban J connectivity index is 2.14. The molecule has 1 fully saturated rings. The number of hydrogen-bond donors (Lipinski definition) is 1. The van der Waals surface area contributed by atoms with Crippen LogP contribution in [0.15, 0.2) is 18.2 Å². The Morgan fingerprint density at radius 2 is 1.95 bits per heavy atom. The third-order valence-corrected chi connectivity index (χ3v) is 4.41. The lowest BCUT2D eigenvalue weighted by Crippen LogP contribution is -2.43. The highest BCUT2D eigenvalue weighted by atomic mass is 16.2. The van der Waals surface area contributed by atoms with Gasteiger partial charge >= 0.3 is 0 Å². The molecule has 1 aromatic carbocycles. The van der Waals surface area contributed by atoms with E-state index < -0.39 is 0 Å². The van der Waals surface area contributed by atoms with Crippen LogP contribution in [0.25, 0.3) is 0 Å². The highest BCUT2D eigenvalue weighted by Gasteiger charge is 2.24. The molecule has 0 unspecified atom stereocenters. The van der Waals surface area contributed by atoms with E-state index in [4.69, 9.17) is 0 Å². The highest BCUT2D eigenvalue weighted by Crippen LogP contribution is 2.19. The Morgan fingerprint density at radius 1 is 1.29 bits per heavy atom. The van der Waals surface area contributed by atoms with Crippen LogP contribution < -0.4 is 5.32 Å². The maximum Gasteiger partial charge on any atom is 0.254 e. The Bertz CT molecular complexity index is 490. The van der Waals surface area contributed by atoms with Crippen molar-refractivity contribution in [3.63, 3.8) is 0 Å². The maximum absolute atomic E-state index is 12.9. The molecular formula is C18H28N2O. The number of benzene rings is 1. The summed E-state index contributed by atoms with van der Waals surface area (Å²) in [6.07, 6.45) is 2.34. The molecule has 116 valence electrons. The Hall–Kier alpha value is -1.35. The van der Waals surface area contributed by atoms with Gasteiger partial charge in [0.25, 0.3) is 5.91 Å². The first-order valence-electron chi connectivity index (χ1n) is 8.08. The number of carbonyl (C=O) groups excluding carboxylic acids is 1. The van der Waals surface area contributed by atoms with Crippen molar-refractivity contribution in [2.45, 2.75) is 46.6 Å². The average molecular weight is 288 g/mol. The zero-order chi connectivity index (χ0) is 15.4. The first kappa shape index (κ1) is 16.0. The fraction of sp³-hybridized carbons (Fsp3) is 0.611. The highest BCUT2D eigenvalue weighted by molar-refractivity contribution is 5.95. The fourth-order valence-electron chi connectivity index (χ4n) is 3.08. The molecule has 2 rings (SSSR count). The summed E-state index contributed by atoms with van der Waals surface area (Å²) in [5, 5.41) is 3.39. The molecule has 1 heterocycles. The predicted octanol–water partition coefficient (Wildman–Crippen LogP) is 3.15. The fourth-order valence-corrected chi connectivity index (χ4v) is 3.08. The van der Waals surface area contributed by atoms with Gasteiger partial charge in [0.2, 0.25) is 0 Å². The summed E-state index contributed by atoms with van der Waals surface area (Å²) in [6, 6.07) is 6.35. The number of aryl methyl sites for hydroxylation is 2. The summed E-state index contributed by atoms with van der Waals surface area (Å²) in [5.74, 6) is 0.810. The van der Waals surface area contributed by atoms with Crippen LogP contribution in [0.2, 0.25) is 0 Å². The molecule has 0 aliphatic carbocycles. The van der Waals surface area contributed by atoms with Crippen LogP contribution in [-0.2, 0) is 0 Å². The van der Waals surface area contributed by atoms with Crippen molar-refractivity contribution >= 4 is 5.91 Å². The molecular weight excluding hydrogens is 260 g/mol. The minimum Gasteiger partial charge on any atom is -0.336 e. The van der Waals surface area contributed by atoms with Crippen molar-refractivity contribution in [3.8, 4) is 0 Å². The molecule has 1 saturated heterocycles. The van der Waals surface area contributed by atoms with Gasteiger partial charge in [-0.3, -0.25) is 4.79 Å². The van der Waals surface area contributed by atoms with E-state index in [2.05, 4.69) is 32.2 Å². The number of nitrogens with one attached hydrogen (secondary N) is 1. The van der Waals surface area contributed by atoms with Crippen LogP contribution in [0.3, 0.4) is 0 Å². The maximum atomic E-state index is 12.9. The molecule has 3 heteroatoms. The molecule has 0 spiro atoms. The van der Waals surface area contributed by atoms with Crippen molar-refractivity contribution in [2.24, 2.45) is 5.92 Å². The van der Waals surface area contributed by atoms with E-state index in [9.17, 15) is 4.79 Å². The Morgan fingerprint density at radius 3 is 2.52 bits per heavy atom. The topological polar surface area (TPSA) is 32.3 Å². The molecule has 3 nitrogen and oxygen atoms in total. The minimum absolute atomic E-state index is 0.182. The second-order valence-corrected chi connectivity index (χ2v) is 6.56. The van der Waals surface area contributed by atoms with Crippen LogP contribution >= 0.6 is 0 Å². The van der Waals surface area contributed by atoms with Crippen molar-refractivity contribution in [2.75, 3.05) is 19.6 Å². The van der Waals surface area contributed by atoms with E-state index >= 15 is 0 Å². The minimum atomic E-state index is 0.182. The Labute approximate surface area is 128 Å². The van der Waals surface area contributed by atoms with Gasteiger partial charge in [0.1, 0.15) is 0 Å². The normalized spacial score (nSPS) is 16.2. The molecule has 0 atom stereocenters. The molecule has 0 saturated carbocycles. The monoisotopic (exact) mass is 288 g/mol. The van der Waals surface area contributed by atoms with Crippen LogP contribution in [0.4, 0.5) is 0 Å². The number of carbonyl (C=O) groups is 1. The molecule has 0 aromatic heterocycles. The second-order valence-electron chi connectivity index (χ2n) is 6.56. The molecule has 0 bridgehead atoms. The largest absolute Gasteiger partial charge is 0.336 e. The van der Waals surface area contributed by atoms with Crippen molar-refractivity contribution in [1.29, 1.82) is 0 Å². The van der Waals surface area contributed by atoms with Gasteiger partial charge in [-0.15, -0.1) is 0 Å². The summed E-state index contributed by atoms with van der Waals surface area (Å²) in [6.45, 7) is 11.4. The van der Waals surface area contributed by atoms with Crippen LogP contribution in [0, 0.1) is 19.8 Å². The standard InChI is InChI=1S/C18H28N2O/c1-13(2)20(12-16-7-9-19-10-8-16)18(21)17-6-5-14(3)11-15(17)4/h5-6,11,13,16,19H,7-10,12H2,1-4H3. The summed E-state index contributed by atoms with van der Waals surface area (Å²) >= 11 is 0. The average Bonchev–Trinajstić information content (AvgIpc) is 2.45. The lowest BCUT2D eigenvalue weighted by Gasteiger charge is -2.33. The van der Waals surface area contributed by atoms with Gasteiger partial charge in [-0.05, 0) is 71.2 Å². The lowest BCUT2D eigenvalue weighted by molar-refractivity contribution is 0.0657. The van der Waals surface area contributed by atoms with Gasteiger partial charge in [0, 0.05) is 18.2 Å². The van der Waals surface area contributed by atoms with Gasteiger partial charge in [0.15, 0.2) is 0 Å². The van der Waals surface area contributed by atoms with E-state index in [0.29, 0.717) is 5.92 Å². The summed E-state index contributed by atoms with van der Waals surface area (Å²) in [4.78, 5) is 15.0. The zero-order valence-electron chi connectivity index (χ0n) is 13.8. The SMILES string of the molecule is Cc1ccc(C(=O)N(CC2CCNCC2)C(C)C)c(C)c1. The summed E-state index contributed by atoms with van der Waals surface area (Å²) < 4.78 is 0. The third kappa shape index (κ3) is 4.07. The van der Waals surface area contributed by atoms with Gasteiger partial charge in [-0.1, -0.05) is 17.7 Å². The first-order valence-corrected chi connectivity index (χ1v) is 8.08. The van der Waals surface area contributed by atoms with Crippen LogP contribution in [0.1, 0.15) is 48.2 Å². The number of rotatable bonds is 4. The molecule has 1 aliphatic rings. The summed E-state index contributed by atoms with van der Waals surface area (Å²) in [5.41, 5.74) is 3.14. The predicted molar refractivity (Wildman–Crippen MR) is 87.7 cm³/mol. The lowest BCUT2D eigenvalue weighted by atomic mass is 9.96. The van der Waals surface area contributed by atoms with Crippen LogP contribution in [-0.4, -0.2) is 36.5 Å². The van der Waals surface area contributed by atoms with Gasteiger partial charge in [-0.25, -0.2) is 0 Å². The van der Waals surface area contributed by atoms with Gasteiger partial charge in [-0.2, -0.15) is 0 Å². The van der Waals surface area contributed by atoms with Crippen molar-refractivity contribution in [1.82, 2.24) is 10.2 Å². The molecule has 1 N–H and O–H groups in total. The second kappa shape index (κ2) is 7.08. The van der Waals surface area contributed by atoms with E-state index in [1.807, 2.05) is 24.0 Å². The number of hydrogen-bond acceptors (Lipinski definition) is 2. The Kier molecular flexibility index (Phi) is 5.40. The van der Waals surface area contributed by atoms with E-state index in [-0.39, 0.29) is 11.9 Å². The molecule has 0 radical (unpaired) electrons. The van der Waals surface area contributed by atoms with Crippen molar-refractivity contribution < 1.29 is 4.79 Å². The smallest absolute Gasteiger partial charge is 0.254 e. The first-order chi connectivity index (χ1) is 9.99. The number of amides is 1. The van der Waals surface area contributed by atoms with Gasteiger partial charge < -0.3 is 10.2 Å². The molecule has 1 amide bonds. The van der Waals surface area contributed by atoms with Crippen LogP contribution in [0.5, 0.6) is 0 Å². The molecule has 1 aliphatic heterocycles. The van der Waals surface area contributed by atoms with E-state index in [1.54, 1.807) is 0 Å². The van der Waals surface area contributed by atoms with Crippen molar-refractivity contribution in [3.05, 3.63) is 34.9 Å². The van der Waals surface area contributed by atoms with Gasteiger partial charge in [0.05, 0.1) is 0 Å². The third-order valence-electron chi connectivity index (χ3n) is 4.41. The number of nitrogens with zero attached hydrogens (tertiary/aromatic N) is 1. The zero-order valence-corrected chi connectivity index (χ0v) is 13.8. The van der Waals surface area contributed by atoms with E-state index in [1.165, 1.54) is 18.4 Å². The quantitative estimate of drug-likeness (QED) is 0.923. The number of piperidine rings is 1. The molecule has 21 heavy (non-hydrogen) atoms.